The van der Waals surface area contributed by atoms with E-state index in [9.17, 15) is 14.4 Å². The SMILES string of the molecule is CCOc1ccccc1CN1C(=O)[C@@H]2[C@H](C(=O)Nc3cccc(Cl)c3)[C@@H]3C=C[C@@]2(O3)[C@H]1C(=O)NC1CCCCC1. The first kappa shape index (κ1) is 26.8. The number of halogens is 1. The Kier molecular flexibility index (Phi) is 7.31. The maximum atomic E-state index is 14.3. The molecule has 5 atom stereocenters. The van der Waals surface area contributed by atoms with E-state index in [0.29, 0.717) is 23.1 Å². The summed E-state index contributed by atoms with van der Waals surface area (Å²) in [6.07, 6.45) is 8.19. The molecule has 2 bridgehead atoms. The van der Waals surface area contributed by atoms with Crippen LogP contribution >= 0.6 is 11.6 Å². The van der Waals surface area contributed by atoms with E-state index in [1.807, 2.05) is 43.3 Å². The van der Waals surface area contributed by atoms with E-state index in [2.05, 4.69) is 10.6 Å². The number of carbonyl (C=O) groups is 3. The summed E-state index contributed by atoms with van der Waals surface area (Å²) in [4.78, 5) is 43.5. The average Bonchev–Trinajstić information content (AvgIpc) is 3.58. The highest BCUT2D eigenvalue weighted by Crippen LogP contribution is 2.55. The number of fused-ring (bicyclic) bond motifs is 1. The van der Waals surface area contributed by atoms with Gasteiger partial charge in [-0.3, -0.25) is 14.4 Å². The van der Waals surface area contributed by atoms with Crippen LogP contribution in [0.3, 0.4) is 0 Å². The summed E-state index contributed by atoms with van der Waals surface area (Å²) < 4.78 is 12.3. The van der Waals surface area contributed by atoms with Gasteiger partial charge in [0.25, 0.3) is 0 Å². The van der Waals surface area contributed by atoms with Gasteiger partial charge in [-0.25, -0.2) is 0 Å². The van der Waals surface area contributed by atoms with Crippen molar-refractivity contribution in [3.05, 3.63) is 71.3 Å². The molecule has 2 aromatic rings. The van der Waals surface area contributed by atoms with E-state index < -0.39 is 29.6 Å². The lowest BCUT2D eigenvalue weighted by atomic mass is 9.74. The monoisotopic (exact) mass is 563 g/mol. The molecule has 3 amide bonds. The molecule has 8 nitrogen and oxygen atoms in total. The summed E-state index contributed by atoms with van der Waals surface area (Å²) >= 11 is 6.12. The summed E-state index contributed by atoms with van der Waals surface area (Å²) in [5.41, 5.74) is 0.109. The van der Waals surface area contributed by atoms with Crippen LogP contribution in [0.5, 0.6) is 5.75 Å². The quantitative estimate of drug-likeness (QED) is 0.462. The molecule has 3 fully saturated rings. The largest absolute Gasteiger partial charge is 0.494 e. The van der Waals surface area contributed by atoms with Crippen LogP contribution in [-0.4, -0.2) is 53.0 Å². The highest BCUT2D eigenvalue weighted by molar-refractivity contribution is 6.30. The Bertz CT molecular complexity index is 1340. The third kappa shape index (κ3) is 4.67. The van der Waals surface area contributed by atoms with Crippen LogP contribution in [0, 0.1) is 11.8 Å². The summed E-state index contributed by atoms with van der Waals surface area (Å²) in [6.45, 7) is 2.55. The Morgan fingerprint density at radius 1 is 1.10 bits per heavy atom. The first-order chi connectivity index (χ1) is 19.4. The zero-order valence-corrected chi connectivity index (χ0v) is 23.2. The molecule has 1 saturated carbocycles. The van der Waals surface area contributed by atoms with Crippen molar-refractivity contribution in [1.82, 2.24) is 10.2 Å². The third-order valence-electron chi connectivity index (χ3n) is 8.58. The van der Waals surface area contributed by atoms with Crippen molar-refractivity contribution < 1.29 is 23.9 Å². The van der Waals surface area contributed by atoms with E-state index in [0.717, 1.165) is 37.7 Å². The van der Waals surface area contributed by atoms with Crippen LogP contribution in [-0.2, 0) is 25.7 Å². The fraction of sp³-hybridized carbons (Fsp3) is 0.452. The normalized spacial score (nSPS) is 28.9. The predicted octanol–water partition coefficient (Wildman–Crippen LogP) is 4.48. The van der Waals surface area contributed by atoms with Gasteiger partial charge in [0.15, 0.2) is 0 Å². The summed E-state index contributed by atoms with van der Waals surface area (Å²) in [5.74, 6) is -1.79. The Morgan fingerprint density at radius 3 is 2.67 bits per heavy atom. The number of amides is 3. The second kappa shape index (κ2) is 10.9. The van der Waals surface area contributed by atoms with Crippen molar-refractivity contribution >= 4 is 35.0 Å². The maximum Gasteiger partial charge on any atom is 0.246 e. The highest BCUT2D eigenvalue weighted by Gasteiger charge is 2.72. The Morgan fingerprint density at radius 2 is 1.90 bits per heavy atom. The van der Waals surface area contributed by atoms with Gasteiger partial charge < -0.3 is 25.0 Å². The second-order valence-corrected chi connectivity index (χ2v) is 11.5. The van der Waals surface area contributed by atoms with Crippen LogP contribution in [0.1, 0.15) is 44.6 Å². The number of hydrogen-bond donors (Lipinski definition) is 2. The molecular formula is C31H34ClN3O5. The minimum Gasteiger partial charge on any atom is -0.494 e. The topological polar surface area (TPSA) is 97.0 Å². The number of rotatable bonds is 8. The van der Waals surface area contributed by atoms with Crippen molar-refractivity contribution in [2.75, 3.05) is 11.9 Å². The van der Waals surface area contributed by atoms with Crippen LogP contribution in [0.4, 0.5) is 5.69 Å². The van der Waals surface area contributed by atoms with Crippen molar-refractivity contribution in [3.8, 4) is 5.75 Å². The molecule has 0 unspecified atom stereocenters. The van der Waals surface area contributed by atoms with Gasteiger partial charge in [0.05, 0.1) is 31.1 Å². The smallest absolute Gasteiger partial charge is 0.246 e. The lowest BCUT2D eigenvalue weighted by Gasteiger charge is -2.34. The van der Waals surface area contributed by atoms with Crippen LogP contribution in [0.25, 0.3) is 0 Å². The first-order valence-corrected chi connectivity index (χ1v) is 14.5. The molecule has 3 aliphatic heterocycles. The van der Waals surface area contributed by atoms with Gasteiger partial charge in [-0.15, -0.1) is 0 Å². The van der Waals surface area contributed by atoms with Crippen LogP contribution in [0.15, 0.2) is 60.7 Å². The molecule has 9 heteroatoms. The minimum absolute atomic E-state index is 0.0638. The average molecular weight is 564 g/mol. The first-order valence-electron chi connectivity index (χ1n) is 14.2. The molecule has 3 heterocycles. The van der Waals surface area contributed by atoms with Crippen molar-refractivity contribution in [2.45, 2.75) is 69.4 Å². The molecule has 4 aliphatic rings. The number of carbonyl (C=O) groups excluding carboxylic acids is 3. The van der Waals surface area contributed by atoms with Gasteiger partial charge in [-0.1, -0.05) is 67.3 Å². The van der Waals surface area contributed by atoms with E-state index in [1.54, 1.807) is 29.2 Å². The van der Waals surface area contributed by atoms with E-state index in [-0.39, 0.29) is 30.3 Å². The number of ether oxygens (including phenoxy) is 2. The molecule has 6 rings (SSSR count). The molecule has 1 aliphatic carbocycles. The number of nitrogens with one attached hydrogen (secondary N) is 2. The Balaban J connectivity index is 1.34. The van der Waals surface area contributed by atoms with Gasteiger partial charge >= 0.3 is 0 Å². The molecule has 0 aromatic heterocycles. The molecule has 40 heavy (non-hydrogen) atoms. The molecule has 2 N–H and O–H groups in total. The number of benzene rings is 2. The van der Waals surface area contributed by atoms with Crippen LogP contribution in [0.2, 0.25) is 5.02 Å². The van der Waals surface area contributed by atoms with Crippen molar-refractivity contribution in [3.63, 3.8) is 0 Å². The standard InChI is InChI=1S/C31H34ClN3O5/c1-2-39-23-14-7-6-9-19(23)18-35-27(29(37)33-21-11-4-3-5-12-21)31-16-15-24(40-31)25(26(31)30(35)38)28(36)34-22-13-8-10-20(32)17-22/h6-10,13-17,21,24-27H,2-5,11-12,18H2,1H3,(H,33,37)(H,34,36)/t24-,25+,26-,27+,31-/m0/s1. The minimum atomic E-state index is -1.22. The Hall–Kier alpha value is -3.36. The lowest BCUT2D eigenvalue weighted by molar-refractivity contribution is -0.142. The lowest BCUT2D eigenvalue weighted by Crippen LogP contribution is -2.56. The fourth-order valence-corrected chi connectivity index (χ4v) is 7.06. The zero-order chi connectivity index (χ0) is 27.9. The summed E-state index contributed by atoms with van der Waals surface area (Å²) in [5, 5.41) is 6.63. The second-order valence-electron chi connectivity index (χ2n) is 11.1. The summed E-state index contributed by atoms with van der Waals surface area (Å²) in [7, 11) is 0. The van der Waals surface area contributed by atoms with E-state index in [1.165, 1.54) is 0 Å². The van der Waals surface area contributed by atoms with Gasteiger partial charge in [0.1, 0.15) is 17.4 Å². The number of anilines is 1. The number of likely N-dealkylation sites (tertiary alicyclic amines) is 1. The van der Waals surface area contributed by atoms with Crippen molar-refractivity contribution in [1.29, 1.82) is 0 Å². The number of hydrogen-bond acceptors (Lipinski definition) is 5. The molecule has 2 aromatic carbocycles. The van der Waals surface area contributed by atoms with Gasteiger partial charge in [0, 0.05) is 22.3 Å². The molecule has 1 spiro atoms. The highest BCUT2D eigenvalue weighted by atomic mass is 35.5. The number of para-hydroxylation sites is 1. The van der Waals surface area contributed by atoms with Crippen molar-refractivity contribution in [2.24, 2.45) is 11.8 Å². The van der Waals surface area contributed by atoms with Gasteiger partial charge in [0.2, 0.25) is 17.7 Å². The van der Waals surface area contributed by atoms with E-state index >= 15 is 0 Å². The van der Waals surface area contributed by atoms with Gasteiger partial charge in [-0.05, 0) is 44.0 Å². The van der Waals surface area contributed by atoms with Gasteiger partial charge in [-0.2, -0.15) is 0 Å². The fourth-order valence-electron chi connectivity index (χ4n) is 6.87. The van der Waals surface area contributed by atoms with Crippen LogP contribution < -0.4 is 15.4 Å². The molecule has 2 saturated heterocycles. The third-order valence-corrected chi connectivity index (χ3v) is 8.82. The van der Waals surface area contributed by atoms with E-state index in [4.69, 9.17) is 21.1 Å². The molecule has 210 valence electrons. The summed E-state index contributed by atoms with van der Waals surface area (Å²) in [6, 6.07) is 13.6. The predicted molar refractivity (Wildman–Crippen MR) is 151 cm³/mol. The molecule has 0 radical (unpaired) electrons. The zero-order valence-electron chi connectivity index (χ0n) is 22.5. The maximum absolute atomic E-state index is 14.3. The molecular weight excluding hydrogens is 530 g/mol. The number of nitrogens with zero attached hydrogens (tertiary/aromatic N) is 1. The Labute approximate surface area is 239 Å².